The Morgan fingerprint density at radius 2 is 1.80 bits per heavy atom. The molecule has 252 valence electrons. The van der Waals surface area contributed by atoms with Crippen molar-refractivity contribution < 1.29 is 46.9 Å². The van der Waals surface area contributed by atoms with Crippen LogP contribution in [0.15, 0.2) is 59.5 Å². The predicted molar refractivity (Wildman–Crippen MR) is 167 cm³/mol. The molecule has 2 heterocycles. The quantitative estimate of drug-likeness (QED) is 0.364. The van der Waals surface area contributed by atoms with Gasteiger partial charge in [-0.1, -0.05) is 36.4 Å². The summed E-state index contributed by atoms with van der Waals surface area (Å²) in [7, 11) is -3.94. The van der Waals surface area contributed by atoms with Gasteiger partial charge in [0.2, 0.25) is 5.91 Å². The summed E-state index contributed by atoms with van der Waals surface area (Å²) in [5.74, 6) is -1.66. The van der Waals surface area contributed by atoms with E-state index in [4.69, 9.17) is 24.7 Å². The van der Waals surface area contributed by atoms with Gasteiger partial charge in [0.05, 0.1) is 29.7 Å². The number of primary amides is 1. The maximum Gasteiger partial charge on any atom is 0.410 e. The van der Waals surface area contributed by atoms with Crippen LogP contribution in [0.5, 0.6) is 5.75 Å². The number of aliphatic hydroxyl groups is 1. The highest BCUT2D eigenvalue weighted by Gasteiger charge is 2.47. The van der Waals surface area contributed by atoms with E-state index < -0.39 is 50.9 Å². The minimum Gasteiger partial charge on any atom is -0.491 e. The molecule has 0 saturated carbocycles. The zero-order chi connectivity index (χ0) is 33.5. The van der Waals surface area contributed by atoms with Crippen LogP contribution in [0.4, 0.5) is 9.59 Å². The predicted octanol–water partition coefficient (Wildman–Crippen LogP) is 2.88. The maximum absolute atomic E-state index is 13.3. The molecule has 0 radical (unpaired) electrons. The first-order valence-corrected chi connectivity index (χ1v) is 16.8. The third-order valence-electron chi connectivity index (χ3n) is 7.74. The third kappa shape index (κ3) is 9.81. The van der Waals surface area contributed by atoms with Crippen molar-refractivity contribution in [3.63, 3.8) is 0 Å². The molecule has 2 fully saturated rings. The number of benzene rings is 2. The molecule has 1 spiro atoms. The van der Waals surface area contributed by atoms with Crippen LogP contribution in [0, 0.1) is 0 Å². The van der Waals surface area contributed by atoms with E-state index in [0.29, 0.717) is 32.4 Å². The summed E-state index contributed by atoms with van der Waals surface area (Å²) in [5, 5.41) is 10.9. The number of carbonyl (C=O) groups excluding carboxylic acids is 3. The Morgan fingerprint density at radius 1 is 1.11 bits per heavy atom. The van der Waals surface area contributed by atoms with Crippen molar-refractivity contribution in [2.45, 2.75) is 74.9 Å². The number of hydrogen-bond donors (Lipinski definition) is 2. The summed E-state index contributed by atoms with van der Waals surface area (Å²) >= 11 is 0. The molecule has 2 aliphatic heterocycles. The van der Waals surface area contributed by atoms with Crippen LogP contribution in [0.1, 0.15) is 45.6 Å². The molecule has 0 aliphatic carbocycles. The number of amides is 3. The summed E-state index contributed by atoms with van der Waals surface area (Å²) in [6, 6.07) is 14.6. The summed E-state index contributed by atoms with van der Waals surface area (Å²) in [5.41, 5.74) is 4.63. The van der Waals surface area contributed by atoms with E-state index in [1.807, 2.05) is 30.3 Å². The topological polar surface area (TPSA) is 175 Å². The summed E-state index contributed by atoms with van der Waals surface area (Å²) in [6.07, 6.45) is -0.538. The van der Waals surface area contributed by atoms with E-state index in [2.05, 4.69) is 0 Å². The summed E-state index contributed by atoms with van der Waals surface area (Å²) in [4.78, 5) is 40.1. The molecular formula is C32H43N3O10S. The average molecular weight is 662 g/mol. The van der Waals surface area contributed by atoms with E-state index in [1.54, 1.807) is 25.7 Å². The number of hydrogen-bond acceptors (Lipinski definition) is 10. The number of nitrogens with two attached hydrogens (primary N) is 1. The SMILES string of the molecule is CC(C)(C)OC(=O)N(C[C@H](O)COc1cccc(S(=O)(=O)CC(N)=O)c1)[C@H]1COC2(CCN(C(=O)OCc3ccccc3)CC2)C1. The van der Waals surface area contributed by atoms with Gasteiger partial charge >= 0.3 is 12.2 Å². The molecule has 0 bridgehead atoms. The molecule has 13 nitrogen and oxygen atoms in total. The van der Waals surface area contributed by atoms with Gasteiger partial charge in [0, 0.05) is 13.1 Å². The molecule has 14 heteroatoms. The number of likely N-dealkylation sites (tertiary alicyclic amines) is 1. The molecule has 46 heavy (non-hydrogen) atoms. The zero-order valence-corrected chi connectivity index (χ0v) is 27.2. The molecular weight excluding hydrogens is 618 g/mol. The second kappa shape index (κ2) is 14.7. The number of carbonyl (C=O) groups is 3. The second-order valence-electron chi connectivity index (χ2n) is 12.7. The fourth-order valence-electron chi connectivity index (χ4n) is 5.47. The van der Waals surface area contributed by atoms with Crippen LogP contribution in [0.2, 0.25) is 0 Å². The molecule has 3 N–H and O–H groups in total. The Morgan fingerprint density at radius 3 is 2.46 bits per heavy atom. The minimum absolute atomic E-state index is 0.128. The number of piperidine rings is 1. The van der Waals surface area contributed by atoms with Crippen molar-refractivity contribution in [2.75, 3.05) is 38.6 Å². The van der Waals surface area contributed by atoms with Crippen LogP contribution in [-0.4, -0.2) is 103 Å². The standard InChI is InChI=1S/C32H43N3O10S/c1-31(2,3)45-30(39)35(18-25(36)21-42-26-10-7-11-27(16-26)46(40,41)22-28(33)37)24-17-32(44-20-24)12-14-34(15-13-32)29(38)43-19-23-8-5-4-6-9-23/h4-11,16,24-25,36H,12-15,17-22H2,1-3H3,(H2,33,37)/t24-,25+/m1/s1. The Bertz CT molecular complexity index is 1470. The molecule has 2 aliphatic rings. The monoisotopic (exact) mass is 661 g/mol. The van der Waals surface area contributed by atoms with Gasteiger partial charge in [0.15, 0.2) is 9.84 Å². The van der Waals surface area contributed by atoms with Gasteiger partial charge in [-0.3, -0.25) is 4.79 Å². The van der Waals surface area contributed by atoms with E-state index in [-0.39, 0.29) is 43.1 Å². The fraction of sp³-hybridized carbons (Fsp3) is 0.531. The smallest absolute Gasteiger partial charge is 0.410 e. The largest absolute Gasteiger partial charge is 0.491 e. The van der Waals surface area contributed by atoms with Gasteiger partial charge < -0.3 is 39.6 Å². The van der Waals surface area contributed by atoms with Crippen molar-refractivity contribution in [1.29, 1.82) is 0 Å². The lowest BCUT2D eigenvalue weighted by Crippen LogP contribution is -2.50. The highest BCUT2D eigenvalue weighted by atomic mass is 32.2. The van der Waals surface area contributed by atoms with E-state index in [1.165, 1.54) is 29.2 Å². The first-order chi connectivity index (χ1) is 21.6. The van der Waals surface area contributed by atoms with E-state index in [9.17, 15) is 27.9 Å². The number of rotatable bonds is 11. The molecule has 0 aromatic heterocycles. The van der Waals surface area contributed by atoms with Gasteiger partial charge in [0.25, 0.3) is 0 Å². The molecule has 2 saturated heterocycles. The third-order valence-corrected chi connectivity index (χ3v) is 9.38. The van der Waals surface area contributed by atoms with Crippen molar-refractivity contribution in [1.82, 2.24) is 9.80 Å². The van der Waals surface area contributed by atoms with Gasteiger partial charge in [-0.2, -0.15) is 0 Å². The van der Waals surface area contributed by atoms with Crippen LogP contribution in [0.25, 0.3) is 0 Å². The van der Waals surface area contributed by atoms with Crippen molar-refractivity contribution >= 4 is 27.9 Å². The van der Waals surface area contributed by atoms with Crippen LogP contribution in [0.3, 0.4) is 0 Å². The molecule has 2 atom stereocenters. The first kappa shape index (κ1) is 35.0. The normalized spacial score (nSPS) is 18.5. The van der Waals surface area contributed by atoms with Gasteiger partial charge in [-0.05, 0) is 63.8 Å². The van der Waals surface area contributed by atoms with Gasteiger partial charge in [0.1, 0.15) is 36.4 Å². The summed E-state index contributed by atoms with van der Waals surface area (Å²) in [6.45, 7) is 6.17. The van der Waals surface area contributed by atoms with Crippen molar-refractivity contribution in [2.24, 2.45) is 5.73 Å². The van der Waals surface area contributed by atoms with Gasteiger partial charge in [-0.15, -0.1) is 0 Å². The lowest BCUT2D eigenvalue weighted by Gasteiger charge is -2.38. The van der Waals surface area contributed by atoms with Crippen LogP contribution >= 0.6 is 0 Å². The molecule has 2 aromatic rings. The first-order valence-electron chi connectivity index (χ1n) is 15.2. The van der Waals surface area contributed by atoms with Crippen LogP contribution in [-0.2, 0) is 35.4 Å². The molecule has 0 unspecified atom stereocenters. The second-order valence-corrected chi connectivity index (χ2v) is 14.7. The minimum atomic E-state index is -3.94. The van der Waals surface area contributed by atoms with E-state index >= 15 is 0 Å². The average Bonchev–Trinajstić information content (AvgIpc) is 3.40. The Labute approximate surface area is 269 Å². The summed E-state index contributed by atoms with van der Waals surface area (Å²) < 4.78 is 47.8. The highest BCUT2D eigenvalue weighted by Crippen LogP contribution is 2.38. The highest BCUT2D eigenvalue weighted by molar-refractivity contribution is 7.92. The van der Waals surface area contributed by atoms with Crippen LogP contribution < -0.4 is 10.5 Å². The number of nitrogens with zero attached hydrogens (tertiary/aromatic N) is 2. The number of aliphatic hydroxyl groups excluding tert-OH is 1. The Hall–Kier alpha value is -3.88. The lowest BCUT2D eigenvalue weighted by atomic mass is 9.87. The molecule has 3 amide bonds. The van der Waals surface area contributed by atoms with Crippen molar-refractivity contribution in [3.8, 4) is 5.75 Å². The van der Waals surface area contributed by atoms with Gasteiger partial charge in [-0.25, -0.2) is 18.0 Å². The molecule has 4 rings (SSSR count). The fourth-order valence-corrected chi connectivity index (χ4v) is 6.59. The zero-order valence-electron chi connectivity index (χ0n) is 26.4. The Kier molecular flexibility index (Phi) is 11.2. The number of sulfone groups is 1. The number of ether oxygens (including phenoxy) is 4. The Balaban J connectivity index is 1.35. The van der Waals surface area contributed by atoms with E-state index in [0.717, 1.165) is 5.56 Å². The molecule has 2 aromatic carbocycles. The maximum atomic E-state index is 13.3. The van der Waals surface area contributed by atoms with Crippen molar-refractivity contribution in [3.05, 3.63) is 60.2 Å². The lowest BCUT2D eigenvalue weighted by molar-refractivity contribution is -0.115.